The highest BCUT2D eigenvalue weighted by Crippen LogP contribution is 2.26. The Hall–Kier alpha value is -2.05. The summed E-state index contributed by atoms with van der Waals surface area (Å²) < 4.78 is 1.76. The smallest absolute Gasteiger partial charge is 0.212 e. The average Bonchev–Trinajstić information content (AvgIpc) is 3.05. The Kier molecular flexibility index (Phi) is 3.10. The van der Waals surface area contributed by atoms with Gasteiger partial charge in [0.15, 0.2) is 0 Å². The molecule has 0 aliphatic heterocycles. The van der Waals surface area contributed by atoms with Crippen molar-refractivity contribution < 1.29 is 0 Å². The van der Waals surface area contributed by atoms with E-state index in [2.05, 4.69) is 15.3 Å². The van der Waals surface area contributed by atoms with Crippen molar-refractivity contribution >= 4 is 11.3 Å². The SMILES string of the molecule is Cc1csc(-n2nnc(CN)c2-c2ccccc2)n1. The van der Waals surface area contributed by atoms with Gasteiger partial charge in [0, 0.05) is 17.5 Å². The van der Waals surface area contributed by atoms with E-state index in [4.69, 9.17) is 5.73 Å². The van der Waals surface area contributed by atoms with Crippen LogP contribution in [0.4, 0.5) is 0 Å². The van der Waals surface area contributed by atoms with Crippen LogP contribution >= 0.6 is 11.3 Å². The van der Waals surface area contributed by atoms with Gasteiger partial charge in [-0.2, -0.15) is 4.68 Å². The molecule has 0 unspecified atom stereocenters. The van der Waals surface area contributed by atoms with E-state index < -0.39 is 0 Å². The van der Waals surface area contributed by atoms with E-state index in [-0.39, 0.29) is 0 Å². The summed E-state index contributed by atoms with van der Waals surface area (Å²) in [4.78, 5) is 4.45. The third kappa shape index (κ3) is 2.16. The number of nitrogens with zero attached hydrogens (tertiary/aromatic N) is 4. The lowest BCUT2D eigenvalue weighted by Gasteiger charge is -2.04. The molecule has 0 aliphatic carbocycles. The lowest BCUT2D eigenvalue weighted by atomic mass is 10.1. The van der Waals surface area contributed by atoms with Crippen LogP contribution in [0.3, 0.4) is 0 Å². The van der Waals surface area contributed by atoms with E-state index in [1.54, 1.807) is 16.0 Å². The fourth-order valence-corrected chi connectivity index (χ4v) is 2.66. The molecule has 3 rings (SSSR count). The summed E-state index contributed by atoms with van der Waals surface area (Å²) in [5.41, 5.74) is 9.46. The van der Waals surface area contributed by atoms with Crippen molar-refractivity contribution in [2.24, 2.45) is 5.73 Å². The van der Waals surface area contributed by atoms with Gasteiger partial charge in [-0.05, 0) is 6.92 Å². The van der Waals surface area contributed by atoms with Crippen molar-refractivity contribution in [3.05, 3.63) is 47.1 Å². The first-order valence-corrected chi connectivity index (χ1v) is 6.80. The van der Waals surface area contributed by atoms with Crippen LogP contribution < -0.4 is 5.73 Å². The number of aryl methyl sites for hydroxylation is 1. The first-order chi connectivity index (χ1) is 9.29. The number of nitrogens with two attached hydrogens (primary N) is 1. The number of hydrogen-bond donors (Lipinski definition) is 1. The van der Waals surface area contributed by atoms with Crippen molar-refractivity contribution in [3.63, 3.8) is 0 Å². The molecule has 0 spiro atoms. The van der Waals surface area contributed by atoms with Crippen molar-refractivity contribution in [1.82, 2.24) is 20.0 Å². The van der Waals surface area contributed by atoms with Gasteiger partial charge < -0.3 is 5.73 Å². The van der Waals surface area contributed by atoms with Crippen LogP contribution in [0.2, 0.25) is 0 Å². The second kappa shape index (κ2) is 4.91. The molecule has 19 heavy (non-hydrogen) atoms. The molecule has 0 fully saturated rings. The molecule has 2 aromatic heterocycles. The Balaban J connectivity index is 2.19. The highest BCUT2D eigenvalue weighted by atomic mass is 32.1. The fraction of sp³-hybridized carbons (Fsp3) is 0.154. The molecule has 2 heterocycles. The molecular weight excluding hydrogens is 258 g/mol. The zero-order chi connectivity index (χ0) is 13.2. The quantitative estimate of drug-likeness (QED) is 0.792. The molecule has 0 bridgehead atoms. The average molecular weight is 271 g/mol. The van der Waals surface area contributed by atoms with Crippen LogP contribution in [0.5, 0.6) is 0 Å². The van der Waals surface area contributed by atoms with Gasteiger partial charge in [0.25, 0.3) is 0 Å². The van der Waals surface area contributed by atoms with Crippen molar-refractivity contribution in [2.75, 3.05) is 0 Å². The maximum absolute atomic E-state index is 5.75. The predicted octanol–water partition coefficient (Wildman–Crippen LogP) is 2.16. The van der Waals surface area contributed by atoms with Crippen molar-refractivity contribution in [1.29, 1.82) is 0 Å². The topological polar surface area (TPSA) is 69.6 Å². The van der Waals surface area contributed by atoms with E-state index in [1.165, 1.54) is 0 Å². The number of aromatic nitrogens is 4. The van der Waals surface area contributed by atoms with Gasteiger partial charge in [0.2, 0.25) is 5.13 Å². The van der Waals surface area contributed by atoms with E-state index in [0.717, 1.165) is 27.8 Å². The Morgan fingerprint density at radius 3 is 2.68 bits per heavy atom. The lowest BCUT2D eigenvalue weighted by molar-refractivity contribution is 0.792. The van der Waals surface area contributed by atoms with Gasteiger partial charge in [-0.15, -0.1) is 16.4 Å². The molecule has 5 nitrogen and oxygen atoms in total. The minimum absolute atomic E-state index is 0.356. The summed E-state index contributed by atoms with van der Waals surface area (Å²) in [6.45, 7) is 2.32. The summed E-state index contributed by atoms with van der Waals surface area (Å²) in [5.74, 6) is 0. The van der Waals surface area contributed by atoms with Gasteiger partial charge in [-0.25, -0.2) is 4.98 Å². The van der Waals surface area contributed by atoms with Crippen LogP contribution in [0.25, 0.3) is 16.4 Å². The third-order valence-electron chi connectivity index (χ3n) is 2.77. The largest absolute Gasteiger partial charge is 0.325 e. The van der Waals surface area contributed by atoms with Gasteiger partial charge in [-0.3, -0.25) is 0 Å². The van der Waals surface area contributed by atoms with Crippen LogP contribution in [0.15, 0.2) is 35.7 Å². The summed E-state index contributed by atoms with van der Waals surface area (Å²) in [6, 6.07) is 10.00. The van der Waals surface area contributed by atoms with E-state index >= 15 is 0 Å². The third-order valence-corrected chi connectivity index (χ3v) is 3.70. The van der Waals surface area contributed by atoms with Gasteiger partial charge >= 0.3 is 0 Å². The summed E-state index contributed by atoms with van der Waals surface area (Å²) >= 11 is 1.54. The van der Waals surface area contributed by atoms with Crippen LogP contribution in [0.1, 0.15) is 11.4 Å². The molecule has 0 radical (unpaired) electrons. The first kappa shape index (κ1) is 12.0. The monoisotopic (exact) mass is 271 g/mol. The second-order valence-electron chi connectivity index (χ2n) is 4.14. The number of rotatable bonds is 3. The minimum Gasteiger partial charge on any atom is -0.325 e. The Bertz CT molecular complexity index is 686. The maximum Gasteiger partial charge on any atom is 0.212 e. The Morgan fingerprint density at radius 1 is 1.26 bits per heavy atom. The van der Waals surface area contributed by atoms with Gasteiger partial charge in [0.05, 0.1) is 5.69 Å². The maximum atomic E-state index is 5.75. The molecule has 0 aliphatic rings. The fourth-order valence-electron chi connectivity index (χ4n) is 1.91. The molecule has 0 amide bonds. The first-order valence-electron chi connectivity index (χ1n) is 5.92. The molecule has 1 aromatic carbocycles. The van der Waals surface area contributed by atoms with E-state index in [0.29, 0.717) is 6.54 Å². The number of thiazole rings is 1. The normalized spacial score (nSPS) is 10.8. The Morgan fingerprint density at radius 2 is 2.05 bits per heavy atom. The van der Waals surface area contributed by atoms with E-state index in [9.17, 15) is 0 Å². The highest BCUT2D eigenvalue weighted by Gasteiger charge is 2.16. The number of benzene rings is 1. The van der Waals surface area contributed by atoms with Gasteiger partial charge in [0.1, 0.15) is 11.4 Å². The zero-order valence-corrected chi connectivity index (χ0v) is 11.3. The molecule has 0 saturated carbocycles. The van der Waals surface area contributed by atoms with Crippen molar-refractivity contribution in [3.8, 4) is 16.4 Å². The van der Waals surface area contributed by atoms with Crippen LogP contribution in [-0.4, -0.2) is 20.0 Å². The van der Waals surface area contributed by atoms with Crippen molar-refractivity contribution in [2.45, 2.75) is 13.5 Å². The highest BCUT2D eigenvalue weighted by molar-refractivity contribution is 7.12. The lowest BCUT2D eigenvalue weighted by Crippen LogP contribution is -2.02. The van der Waals surface area contributed by atoms with Crippen LogP contribution in [-0.2, 0) is 6.54 Å². The van der Waals surface area contributed by atoms with Crippen LogP contribution in [0, 0.1) is 6.92 Å². The molecular formula is C13H13N5S. The van der Waals surface area contributed by atoms with E-state index in [1.807, 2.05) is 42.6 Å². The predicted molar refractivity (Wildman–Crippen MR) is 75.1 cm³/mol. The molecule has 2 N–H and O–H groups in total. The summed E-state index contributed by atoms with van der Waals surface area (Å²) in [7, 11) is 0. The summed E-state index contributed by atoms with van der Waals surface area (Å²) in [6.07, 6.45) is 0. The van der Waals surface area contributed by atoms with Gasteiger partial charge in [-0.1, -0.05) is 35.5 Å². The standard InChI is InChI=1S/C13H13N5S/c1-9-8-19-13(15-9)18-12(11(7-14)16-17-18)10-5-3-2-4-6-10/h2-6,8H,7,14H2,1H3. The second-order valence-corrected chi connectivity index (χ2v) is 4.97. The minimum atomic E-state index is 0.356. The Labute approximate surface area is 114 Å². The molecule has 0 atom stereocenters. The molecule has 3 aromatic rings. The summed E-state index contributed by atoms with van der Waals surface area (Å²) in [5, 5.41) is 11.1. The molecule has 96 valence electrons. The molecule has 0 saturated heterocycles. The number of hydrogen-bond acceptors (Lipinski definition) is 5. The zero-order valence-electron chi connectivity index (χ0n) is 10.4. The molecule has 6 heteroatoms.